The summed E-state index contributed by atoms with van der Waals surface area (Å²) in [7, 11) is 4.46. The van der Waals surface area contributed by atoms with Crippen LogP contribution in [0.4, 0.5) is 0 Å². The fourth-order valence-corrected chi connectivity index (χ4v) is 13.9. The summed E-state index contributed by atoms with van der Waals surface area (Å²) in [5.41, 5.74) is 0. The smallest absolute Gasteiger partial charge is 0.310 e. The van der Waals surface area contributed by atoms with Crippen molar-refractivity contribution in [3.63, 3.8) is 0 Å². The summed E-state index contributed by atoms with van der Waals surface area (Å²) >= 11 is 0. The first-order chi connectivity index (χ1) is 24.3. The lowest BCUT2D eigenvalue weighted by molar-refractivity contribution is -0.156. The standard InChI is InChI=1S/C42H68N4O4/c1-6-45-35-15-11-9-13-29(35)31-23-27(17-19-37(31)45)43(4)39-26-34(42(49)50-8-3)40(25-33(39)41(48)21-22-47)44(5)28-18-20-38-32(24-28)30-14-10-12-16-36(30)46(38)7-2/h27-40,47H,6-20,23-26H2,1-5H3. The van der Waals surface area contributed by atoms with Crippen LogP contribution in [0.2, 0.25) is 0 Å². The van der Waals surface area contributed by atoms with E-state index in [4.69, 9.17) is 4.74 Å². The monoisotopic (exact) mass is 693 g/mol. The maximum absolute atomic E-state index is 13.9. The molecule has 0 spiro atoms. The Balaban J connectivity index is 1.11. The second-order valence-corrected chi connectivity index (χ2v) is 17.6. The zero-order valence-corrected chi connectivity index (χ0v) is 32.0. The van der Waals surface area contributed by atoms with Crippen molar-refractivity contribution in [2.75, 3.05) is 33.8 Å². The molecule has 0 aromatic carbocycles. The van der Waals surface area contributed by atoms with Gasteiger partial charge >= 0.3 is 5.97 Å². The first-order valence-corrected chi connectivity index (χ1v) is 21.1. The second kappa shape index (κ2) is 15.7. The predicted molar refractivity (Wildman–Crippen MR) is 197 cm³/mol. The third-order valence-electron chi connectivity index (χ3n) is 16.0. The zero-order chi connectivity index (χ0) is 35.1. The van der Waals surface area contributed by atoms with Crippen LogP contribution in [0.15, 0.2) is 0 Å². The minimum absolute atomic E-state index is 0.0767. The molecule has 2 heterocycles. The molecule has 2 aliphatic heterocycles. The van der Waals surface area contributed by atoms with E-state index in [2.05, 4.69) is 53.5 Å². The average molecular weight is 693 g/mol. The van der Waals surface area contributed by atoms with Crippen molar-refractivity contribution in [3.05, 3.63) is 0 Å². The Bertz CT molecular complexity index is 1250. The van der Waals surface area contributed by atoms with E-state index in [9.17, 15) is 14.7 Å². The fourth-order valence-electron chi connectivity index (χ4n) is 13.9. The fraction of sp³-hybridized carbons (Fsp3) is 0.905. The quantitative estimate of drug-likeness (QED) is 0.235. The largest absolute Gasteiger partial charge is 0.466 e. The van der Waals surface area contributed by atoms with Crippen LogP contribution in [0.5, 0.6) is 0 Å². The van der Waals surface area contributed by atoms with Crippen molar-refractivity contribution in [3.8, 4) is 12.0 Å². The number of carbonyl (C=O) groups excluding carboxylic acids is 2. The number of carbonyl (C=O) groups is 2. The molecule has 1 N–H and O–H groups in total. The molecule has 8 nitrogen and oxygen atoms in total. The summed E-state index contributed by atoms with van der Waals surface area (Å²) in [6.07, 6.45) is 21.1. The lowest BCUT2D eigenvalue weighted by atomic mass is 9.68. The van der Waals surface area contributed by atoms with Gasteiger partial charge in [0.05, 0.1) is 12.5 Å². The van der Waals surface area contributed by atoms with Gasteiger partial charge in [-0.1, -0.05) is 39.5 Å². The van der Waals surface area contributed by atoms with Crippen LogP contribution in [-0.2, 0) is 14.3 Å². The number of rotatable bonds is 9. The van der Waals surface area contributed by atoms with E-state index in [-0.39, 0.29) is 35.7 Å². The maximum Gasteiger partial charge on any atom is 0.310 e. The Morgan fingerprint density at radius 1 is 0.640 bits per heavy atom. The van der Waals surface area contributed by atoms with Crippen molar-refractivity contribution < 1.29 is 19.4 Å². The number of Topliss-reactive ketones (excluding diaryl/α,β-unsaturated/α-hetero) is 1. The Kier molecular flexibility index (Phi) is 11.6. The normalized spacial score (nSPS) is 43.3. The van der Waals surface area contributed by atoms with Crippen molar-refractivity contribution in [2.24, 2.45) is 35.5 Å². The number of aliphatic hydroxyl groups excluding tert-OH is 1. The Labute approximate surface area is 303 Å². The van der Waals surface area contributed by atoms with E-state index >= 15 is 0 Å². The van der Waals surface area contributed by atoms with Crippen molar-refractivity contribution >= 4 is 11.8 Å². The van der Waals surface area contributed by atoms with Crippen LogP contribution in [0.1, 0.15) is 124 Å². The summed E-state index contributed by atoms with van der Waals surface area (Å²) in [6, 6.07) is 3.49. The minimum Gasteiger partial charge on any atom is -0.466 e. The molecule has 14 unspecified atom stereocenters. The van der Waals surface area contributed by atoms with Gasteiger partial charge in [-0.15, -0.1) is 0 Å². The van der Waals surface area contributed by atoms with Crippen LogP contribution in [0, 0.1) is 47.5 Å². The highest BCUT2D eigenvalue weighted by Crippen LogP contribution is 2.52. The molecular weight excluding hydrogens is 624 g/mol. The third kappa shape index (κ3) is 6.58. The van der Waals surface area contributed by atoms with Crippen molar-refractivity contribution in [1.29, 1.82) is 0 Å². The third-order valence-corrected chi connectivity index (χ3v) is 16.0. The Morgan fingerprint density at radius 3 is 1.58 bits per heavy atom. The number of hydrogen-bond donors (Lipinski definition) is 1. The van der Waals surface area contributed by atoms with E-state index in [0.29, 0.717) is 49.5 Å². The molecule has 0 amide bonds. The molecule has 7 rings (SSSR count). The van der Waals surface area contributed by atoms with Crippen LogP contribution in [0.25, 0.3) is 0 Å². The molecule has 8 heteroatoms. The summed E-state index contributed by atoms with van der Waals surface area (Å²) < 4.78 is 5.83. The van der Waals surface area contributed by atoms with E-state index in [1.54, 1.807) is 0 Å². The average Bonchev–Trinajstić information content (AvgIpc) is 3.65. The summed E-state index contributed by atoms with van der Waals surface area (Å²) in [5.74, 6) is 4.70. The van der Waals surface area contributed by atoms with Crippen molar-refractivity contribution in [1.82, 2.24) is 19.6 Å². The second-order valence-electron chi connectivity index (χ2n) is 17.6. The van der Waals surface area contributed by atoms with Gasteiger partial charge < -0.3 is 9.84 Å². The van der Waals surface area contributed by atoms with E-state index in [1.807, 2.05) is 13.0 Å². The van der Waals surface area contributed by atoms with E-state index in [1.165, 1.54) is 77.0 Å². The highest BCUT2D eigenvalue weighted by atomic mass is 16.5. The van der Waals surface area contributed by atoms with Gasteiger partial charge in [0.2, 0.25) is 5.78 Å². The van der Waals surface area contributed by atoms with Gasteiger partial charge in [0.15, 0.2) is 0 Å². The molecule has 7 fully saturated rings. The Hall–Kier alpha value is -1.66. The maximum atomic E-state index is 13.9. The first-order valence-electron chi connectivity index (χ1n) is 21.1. The molecule has 0 bridgehead atoms. The SMILES string of the molecule is CCOC(=O)C1CC(N(C)C2CCC3C(C2)C2CCCCC2N3CC)C(C(=O)C#CO)CC1N(C)C1CCC2C(C1)C1CCCCC1N2CC. The minimum atomic E-state index is -0.338. The molecule has 0 radical (unpaired) electrons. The topological polar surface area (TPSA) is 76.6 Å². The molecule has 50 heavy (non-hydrogen) atoms. The van der Waals surface area contributed by atoms with E-state index in [0.717, 1.165) is 55.8 Å². The summed E-state index contributed by atoms with van der Waals surface area (Å²) in [4.78, 5) is 38.5. The van der Waals surface area contributed by atoms with Gasteiger partial charge in [-0.2, -0.15) is 0 Å². The van der Waals surface area contributed by atoms with Gasteiger partial charge in [-0.25, -0.2) is 0 Å². The lowest BCUT2D eigenvalue weighted by Gasteiger charge is -2.51. The number of hydrogen-bond acceptors (Lipinski definition) is 8. The molecule has 7 aliphatic rings. The molecule has 5 aliphatic carbocycles. The van der Waals surface area contributed by atoms with Crippen LogP contribution < -0.4 is 0 Å². The van der Waals surface area contributed by atoms with Gasteiger partial charge in [-0.3, -0.25) is 29.2 Å². The van der Waals surface area contributed by atoms with Crippen LogP contribution in [-0.4, -0.2) is 119 Å². The summed E-state index contributed by atoms with van der Waals surface area (Å²) in [5, 5.41) is 9.63. The lowest BCUT2D eigenvalue weighted by Crippen LogP contribution is -2.59. The number of esters is 1. The molecule has 5 saturated carbocycles. The molecule has 280 valence electrons. The highest BCUT2D eigenvalue weighted by Gasteiger charge is 2.55. The molecular formula is C42H68N4O4. The van der Waals surface area contributed by atoms with Gasteiger partial charge in [0, 0.05) is 60.2 Å². The van der Waals surface area contributed by atoms with Crippen LogP contribution >= 0.6 is 0 Å². The number of aliphatic hydroxyl groups is 1. The van der Waals surface area contributed by atoms with E-state index < -0.39 is 0 Å². The number of ketones is 1. The molecule has 0 aromatic rings. The molecule has 2 saturated heterocycles. The first kappa shape index (κ1) is 36.7. The number of ether oxygens (including phenoxy) is 1. The molecule has 0 aromatic heterocycles. The predicted octanol–water partition coefficient (Wildman–Crippen LogP) is 5.94. The van der Waals surface area contributed by atoms with Crippen LogP contribution in [0.3, 0.4) is 0 Å². The number of nitrogens with zero attached hydrogens (tertiary/aromatic N) is 4. The van der Waals surface area contributed by atoms with Gasteiger partial charge in [0.1, 0.15) is 6.11 Å². The highest BCUT2D eigenvalue weighted by molar-refractivity contribution is 5.97. The van der Waals surface area contributed by atoms with Gasteiger partial charge in [0.25, 0.3) is 0 Å². The van der Waals surface area contributed by atoms with Crippen molar-refractivity contribution in [2.45, 2.75) is 172 Å². The zero-order valence-electron chi connectivity index (χ0n) is 32.0. The summed E-state index contributed by atoms with van der Waals surface area (Å²) in [6.45, 7) is 9.29. The van der Waals surface area contributed by atoms with Gasteiger partial charge in [-0.05, 0) is 135 Å². The molecule has 14 atom stereocenters. The Morgan fingerprint density at radius 2 is 1.10 bits per heavy atom. The number of likely N-dealkylation sites (tertiary alicyclic amines) is 2. The number of fused-ring (bicyclic) bond motifs is 6.